The van der Waals surface area contributed by atoms with Gasteiger partial charge in [-0.3, -0.25) is 0 Å². The third kappa shape index (κ3) is 5.35. The number of halogens is 2. The maximum atomic E-state index is 4.21. The molecule has 7 aromatic rings. The maximum Gasteiger partial charge on any atom is 0.0714 e. The summed E-state index contributed by atoms with van der Waals surface area (Å²) < 4.78 is 2.37. The molecule has 0 aromatic heterocycles. The molecule has 0 saturated carbocycles. The second-order valence-electron chi connectivity index (χ2n) is 18.3. The lowest BCUT2D eigenvalue weighted by Crippen LogP contribution is -2.29. The van der Waals surface area contributed by atoms with E-state index < -0.39 is 5.41 Å². The Bertz CT molecular complexity index is 2720. The van der Waals surface area contributed by atoms with Crippen LogP contribution in [-0.2, 0) is 35.5 Å². The highest BCUT2D eigenvalue weighted by atomic mass is 79.9. The molecular weight excluding hydrogens is 808 g/mol. The van der Waals surface area contributed by atoms with E-state index in [0.717, 1.165) is 19.3 Å². The van der Waals surface area contributed by atoms with Crippen molar-refractivity contribution >= 4 is 31.9 Å². The van der Waals surface area contributed by atoms with Crippen molar-refractivity contribution in [2.24, 2.45) is 0 Å². The molecule has 1 unspecified atom stereocenters. The molecule has 1 atom stereocenters. The minimum atomic E-state index is -0.546. The molecule has 0 saturated heterocycles. The predicted molar refractivity (Wildman–Crippen MR) is 242 cm³/mol. The van der Waals surface area contributed by atoms with Crippen molar-refractivity contribution in [2.45, 2.75) is 77.0 Å². The van der Waals surface area contributed by atoms with Crippen molar-refractivity contribution in [1.29, 1.82) is 0 Å². The first-order valence-electron chi connectivity index (χ1n) is 20.0. The topological polar surface area (TPSA) is 0 Å². The van der Waals surface area contributed by atoms with Gasteiger partial charge in [0.05, 0.1) is 5.41 Å². The number of fused-ring (bicyclic) bond motifs is 11. The predicted octanol–water partition coefficient (Wildman–Crippen LogP) is 14.9. The quantitative estimate of drug-likeness (QED) is 0.165. The highest BCUT2D eigenvalue weighted by Crippen LogP contribution is 2.64. The van der Waals surface area contributed by atoms with Gasteiger partial charge in [-0.05, 0) is 137 Å². The Kier molecular flexibility index (Phi) is 8.17. The first-order chi connectivity index (χ1) is 26.8. The molecule has 7 aromatic carbocycles. The van der Waals surface area contributed by atoms with Crippen molar-refractivity contribution in [3.05, 3.63) is 209 Å². The van der Waals surface area contributed by atoms with Crippen LogP contribution < -0.4 is 0 Å². The van der Waals surface area contributed by atoms with Crippen LogP contribution in [0.15, 0.2) is 142 Å². The van der Waals surface area contributed by atoms with Gasteiger partial charge < -0.3 is 0 Å². The van der Waals surface area contributed by atoms with Crippen molar-refractivity contribution in [3.63, 3.8) is 0 Å². The van der Waals surface area contributed by atoms with Crippen molar-refractivity contribution in [3.8, 4) is 33.4 Å². The standard InChI is InChI=1S/C54H46Br2/c1-52(2,3)36-19-15-32(16-20-36)27-33-17-21-38(22-18-33)54(39-25-23-37(24-26-39)53(4,5)6)44-31-47(56)48-40-13-9-7-12-35(40)29-43(48)50(44)51-45(54)30-46(55)42-28-34-11-8-10-14-41(34)49(42)51/h7-26,30-31H,27-29H2,1-6H3. The van der Waals surface area contributed by atoms with Crippen LogP contribution in [0.3, 0.4) is 0 Å². The van der Waals surface area contributed by atoms with Crippen LogP contribution in [-0.4, -0.2) is 0 Å². The molecule has 0 nitrogen and oxygen atoms in total. The molecule has 0 aliphatic heterocycles. The molecule has 3 aliphatic rings. The van der Waals surface area contributed by atoms with Gasteiger partial charge in [0.2, 0.25) is 0 Å². The van der Waals surface area contributed by atoms with Gasteiger partial charge in [0.15, 0.2) is 0 Å². The second kappa shape index (κ2) is 12.8. The van der Waals surface area contributed by atoms with Gasteiger partial charge in [-0.1, -0.05) is 195 Å². The van der Waals surface area contributed by atoms with Gasteiger partial charge >= 0.3 is 0 Å². The van der Waals surface area contributed by atoms with Crippen LogP contribution in [0.1, 0.15) is 108 Å². The number of hydrogen-bond donors (Lipinski definition) is 0. The fraction of sp³-hybridized carbons (Fsp3) is 0.222. The SMILES string of the molecule is CC(C)(C)c1ccc(Cc2ccc(C3(c4ccc(C(C)(C)C)cc4)c4cc(Br)c5c(c4-c4c3cc(Br)c3c4-c4ccccc4C3)Cc3ccccc3-5)cc2)cc1. The lowest BCUT2D eigenvalue weighted by Gasteiger charge is -2.35. The maximum absolute atomic E-state index is 4.21. The summed E-state index contributed by atoms with van der Waals surface area (Å²) in [7, 11) is 0. The summed E-state index contributed by atoms with van der Waals surface area (Å²) in [5.41, 5.74) is 24.3. The molecular formula is C54H46Br2. The highest BCUT2D eigenvalue weighted by molar-refractivity contribution is 9.10. The van der Waals surface area contributed by atoms with Crippen LogP contribution in [0.5, 0.6) is 0 Å². The molecule has 0 radical (unpaired) electrons. The molecule has 0 heterocycles. The zero-order valence-electron chi connectivity index (χ0n) is 33.1. The average molecular weight is 855 g/mol. The smallest absolute Gasteiger partial charge is 0.0619 e. The third-order valence-electron chi connectivity index (χ3n) is 12.9. The third-order valence-corrected chi connectivity index (χ3v) is 14.3. The summed E-state index contributed by atoms with van der Waals surface area (Å²) in [5, 5.41) is 0. The molecule has 3 aliphatic carbocycles. The molecule has 2 heteroatoms. The number of rotatable bonds is 4. The fourth-order valence-electron chi connectivity index (χ4n) is 10.1. The van der Waals surface area contributed by atoms with E-state index in [1.54, 1.807) is 0 Å². The minimum absolute atomic E-state index is 0.0487. The van der Waals surface area contributed by atoms with E-state index in [1.807, 2.05) is 0 Å². The molecule has 0 N–H and O–H groups in total. The number of hydrogen-bond acceptors (Lipinski definition) is 0. The summed E-state index contributed by atoms with van der Waals surface area (Å²) in [6.07, 6.45) is 2.76. The van der Waals surface area contributed by atoms with Crippen LogP contribution in [0.4, 0.5) is 0 Å². The second-order valence-corrected chi connectivity index (χ2v) is 20.0. The van der Waals surface area contributed by atoms with E-state index in [1.165, 1.54) is 109 Å². The van der Waals surface area contributed by atoms with Crippen LogP contribution in [0.2, 0.25) is 0 Å². The van der Waals surface area contributed by atoms with E-state index in [9.17, 15) is 0 Å². The van der Waals surface area contributed by atoms with Crippen molar-refractivity contribution in [2.75, 3.05) is 0 Å². The Morgan fingerprint density at radius 3 is 1.48 bits per heavy atom. The highest BCUT2D eigenvalue weighted by Gasteiger charge is 2.50. The Labute approximate surface area is 349 Å². The Hall–Kier alpha value is -4.50. The number of benzene rings is 7. The van der Waals surface area contributed by atoms with Gasteiger partial charge in [0, 0.05) is 14.5 Å². The summed E-state index contributed by atoms with van der Waals surface area (Å²) in [5.74, 6) is 0. The minimum Gasteiger partial charge on any atom is -0.0619 e. The zero-order valence-corrected chi connectivity index (χ0v) is 36.3. The lowest BCUT2D eigenvalue weighted by molar-refractivity contribution is 0.589. The Morgan fingerprint density at radius 1 is 0.464 bits per heavy atom. The van der Waals surface area contributed by atoms with Gasteiger partial charge in [-0.15, -0.1) is 0 Å². The van der Waals surface area contributed by atoms with Crippen LogP contribution in [0, 0.1) is 0 Å². The van der Waals surface area contributed by atoms with Crippen LogP contribution in [0.25, 0.3) is 33.4 Å². The average Bonchev–Trinajstić information content (AvgIpc) is 3.84. The Balaban J connectivity index is 1.26. The first kappa shape index (κ1) is 35.9. The van der Waals surface area contributed by atoms with Gasteiger partial charge in [0.1, 0.15) is 0 Å². The van der Waals surface area contributed by atoms with Crippen molar-refractivity contribution in [1.82, 2.24) is 0 Å². The Morgan fingerprint density at radius 2 is 0.911 bits per heavy atom. The lowest BCUT2D eigenvalue weighted by atomic mass is 9.66. The fourth-order valence-corrected chi connectivity index (χ4v) is 11.3. The zero-order chi connectivity index (χ0) is 38.7. The van der Waals surface area contributed by atoms with Crippen LogP contribution >= 0.6 is 31.9 Å². The van der Waals surface area contributed by atoms with Gasteiger partial charge in [-0.2, -0.15) is 0 Å². The van der Waals surface area contributed by atoms with E-state index >= 15 is 0 Å². The largest absolute Gasteiger partial charge is 0.0714 e. The first-order valence-corrected chi connectivity index (χ1v) is 21.6. The molecule has 0 spiro atoms. The summed E-state index contributed by atoms with van der Waals surface area (Å²) in [6, 6.07) is 51.5. The molecule has 0 fully saturated rings. The van der Waals surface area contributed by atoms with Gasteiger partial charge in [-0.25, -0.2) is 0 Å². The van der Waals surface area contributed by atoms with E-state index in [2.05, 4.69) is 207 Å². The molecule has 10 rings (SSSR count). The van der Waals surface area contributed by atoms with Gasteiger partial charge in [0.25, 0.3) is 0 Å². The summed E-state index contributed by atoms with van der Waals surface area (Å²) >= 11 is 8.41. The molecule has 276 valence electrons. The van der Waals surface area contributed by atoms with E-state index in [-0.39, 0.29) is 10.8 Å². The monoisotopic (exact) mass is 852 g/mol. The normalized spacial score (nSPS) is 16.2. The summed E-state index contributed by atoms with van der Waals surface area (Å²) in [6.45, 7) is 13.8. The molecule has 0 bridgehead atoms. The van der Waals surface area contributed by atoms with Crippen molar-refractivity contribution < 1.29 is 0 Å². The molecule has 56 heavy (non-hydrogen) atoms. The van der Waals surface area contributed by atoms with E-state index in [4.69, 9.17) is 0 Å². The molecule has 0 amide bonds. The van der Waals surface area contributed by atoms with E-state index in [0.29, 0.717) is 0 Å². The summed E-state index contributed by atoms with van der Waals surface area (Å²) in [4.78, 5) is 0.